The summed E-state index contributed by atoms with van der Waals surface area (Å²) in [6, 6.07) is 18.6. The van der Waals surface area contributed by atoms with Gasteiger partial charge in [0.15, 0.2) is 11.0 Å². The van der Waals surface area contributed by atoms with Crippen LogP contribution in [0.1, 0.15) is 5.56 Å². The van der Waals surface area contributed by atoms with Crippen LogP contribution in [-0.2, 0) is 4.79 Å². The molecule has 0 aliphatic carbocycles. The molecule has 0 atom stereocenters. The van der Waals surface area contributed by atoms with Gasteiger partial charge in [-0.1, -0.05) is 35.0 Å². The highest BCUT2D eigenvalue weighted by Gasteiger charge is 2.18. The first-order chi connectivity index (χ1) is 15.8. The quantitative estimate of drug-likeness (QED) is 0.222. The van der Waals surface area contributed by atoms with Crippen LogP contribution in [0.15, 0.2) is 74.8 Å². The van der Waals surface area contributed by atoms with Crippen molar-refractivity contribution in [2.75, 3.05) is 11.1 Å². The van der Waals surface area contributed by atoms with Gasteiger partial charge in [-0.25, -0.2) is 0 Å². The van der Waals surface area contributed by atoms with E-state index in [4.69, 9.17) is 23.2 Å². The zero-order valence-electron chi connectivity index (χ0n) is 17.2. The summed E-state index contributed by atoms with van der Waals surface area (Å²) in [6.45, 7) is 1.98. The van der Waals surface area contributed by atoms with Crippen LogP contribution in [0.4, 0.5) is 5.69 Å². The smallest absolute Gasteiger partial charge is 0.234 e. The highest BCUT2D eigenvalue weighted by atomic mass is 79.9. The number of carbonyl (C=O) groups excluding carboxylic acids is 1. The van der Waals surface area contributed by atoms with Crippen LogP contribution in [0.3, 0.4) is 0 Å². The lowest BCUT2D eigenvalue weighted by molar-refractivity contribution is -0.113. The Bertz CT molecular complexity index is 1290. The van der Waals surface area contributed by atoms with Gasteiger partial charge < -0.3 is 5.32 Å². The summed E-state index contributed by atoms with van der Waals surface area (Å²) in [5, 5.41) is 13.5. The van der Waals surface area contributed by atoms with Gasteiger partial charge >= 0.3 is 0 Å². The van der Waals surface area contributed by atoms with Gasteiger partial charge in [-0.15, -0.1) is 10.2 Å². The van der Waals surface area contributed by atoms with Crippen molar-refractivity contribution in [2.24, 2.45) is 0 Å². The maximum absolute atomic E-state index is 12.7. The summed E-state index contributed by atoms with van der Waals surface area (Å²) in [5.41, 5.74) is 3.45. The summed E-state index contributed by atoms with van der Waals surface area (Å²) >= 11 is 20.4. The minimum Gasteiger partial charge on any atom is -0.323 e. The molecule has 0 spiro atoms. The summed E-state index contributed by atoms with van der Waals surface area (Å²) in [4.78, 5) is 12.7. The third-order valence-electron chi connectivity index (χ3n) is 4.60. The summed E-state index contributed by atoms with van der Waals surface area (Å²) in [6.07, 6.45) is 0. The van der Waals surface area contributed by atoms with Crippen molar-refractivity contribution in [1.82, 2.24) is 14.8 Å². The van der Waals surface area contributed by atoms with Gasteiger partial charge in [0.05, 0.1) is 11.4 Å². The molecule has 0 bridgehead atoms. The average molecular weight is 627 g/mol. The lowest BCUT2D eigenvalue weighted by Gasteiger charge is -2.12. The number of hydrogen-bond donors (Lipinski definition) is 1. The van der Waals surface area contributed by atoms with Crippen molar-refractivity contribution in [3.63, 3.8) is 0 Å². The fourth-order valence-corrected chi connectivity index (χ4v) is 5.71. The van der Waals surface area contributed by atoms with Crippen molar-refractivity contribution >= 4 is 78.4 Å². The van der Waals surface area contributed by atoms with Gasteiger partial charge in [-0.05, 0) is 105 Å². The molecular weight excluding hydrogens is 611 g/mol. The van der Waals surface area contributed by atoms with Crippen molar-refractivity contribution in [3.05, 3.63) is 85.2 Å². The van der Waals surface area contributed by atoms with E-state index in [9.17, 15) is 4.79 Å². The van der Waals surface area contributed by atoms with Gasteiger partial charge in [0.25, 0.3) is 0 Å². The number of benzene rings is 3. The number of aryl methyl sites for hydroxylation is 1. The number of amides is 1. The standard InChI is InChI=1S/C23H16Br2Cl2N4OS/c1-13-10-18(24)21(19(25)11-13)28-20(32)12-33-23-30-29-22(14-2-4-15(26)5-3-14)31(23)17-8-6-16(27)7-9-17/h2-11H,12H2,1H3,(H,28,32). The molecule has 1 heterocycles. The number of hydrogen-bond acceptors (Lipinski definition) is 4. The Kier molecular flexibility index (Phi) is 7.81. The van der Waals surface area contributed by atoms with E-state index < -0.39 is 0 Å². The van der Waals surface area contributed by atoms with Crippen LogP contribution in [0.25, 0.3) is 17.1 Å². The lowest BCUT2D eigenvalue weighted by atomic mass is 10.2. The second-order valence-corrected chi connectivity index (χ2v) is 10.6. The fraction of sp³-hybridized carbons (Fsp3) is 0.0870. The Labute approximate surface area is 222 Å². The maximum Gasteiger partial charge on any atom is 0.234 e. The number of nitrogens with one attached hydrogen (secondary N) is 1. The first-order valence-corrected chi connectivity index (χ1v) is 13.0. The molecule has 0 aliphatic rings. The monoisotopic (exact) mass is 624 g/mol. The molecule has 168 valence electrons. The van der Waals surface area contributed by atoms with Crippen LogP contribution < -0.4 is 5.32 Å². The third-order valence-corrected chi connectivity index (χ3v) is 7.29. The highest BCUT2D eigenvalue weighted by Crippen LogP contribution is 2.33. The number of aromatic nitrogens is 3. The van der Waals surface area contributed by atoms with Gasteiger partial charge in [-0.3, -0.25) is 9.36 Å². The van der Waals surface area contributed by atoms with Crippen molar-refractivity contribution in [2.45, 2.75) is 12.1 Å². The number of nitrogens with zero attached hydrogens (tertiary/aromatic N) is 3. The molecule has 4 aromatic rings. The first-order valence-electron chi connectivity index (χ1n) is 9.67. The predicted molar refractivity (Wildman–Crippen MR) is 143 cm³/mol. The number of rotatable bonds is 6. The molecule has 1 N–H and O–H groups in total. The topological polar surface area (TPSA) is 59.8 Å². The maximum atomic E-state index is 12.7. The van der Waals surface area contributed by atoms with E-state index in [1.807, 2.05) is 47.9 Å². The predicted octanol–water partition coefficient (Wildman–Crippen LogP) is 7.81. The zero-order valence-corrected chi connectivity index (χ0v) is 22.7. The molecule has 0 unspecified atom stereocenters. The molecule has 1 amide bonds. The largest absolute Gasteiger partial charge is 0.323 e. The van der Waals surface area contributed by atoms with Crippen molar-refractivity contribution < 1.29 is 4.79 Å². The number of anilines is 1. The van der Waals surface area contributed by atoms with Crippen molar-refractivity contribution in [1.29, 1.82) is 0 Å². The summed E-state index contributed by atoms with van der Waals surface area (Å²) in [5.74, 6) is 0.629. The van der Waals surface area contributed by atoms with Crippen LogP contribution in [-0.4, -0.2) is 26.4 Å². The van der Waals surface area contributed by atoms with Crippen LogP contribution in [0, 0.1) is 6.92 Å². The minimum atomic E-state index is -0.163. The average Bonchev–Trinajstić information content (AvgIpc) is 3.20. The van der Waals surface area contributed by atoms with Gasteiger partial charge in [0.2, 0.25) is 5.91 Å². The van der Waals surface area contributed by atoms with E-state index in [-0.39, 0.29) is 11.7 Å². The Hall–Kier alpha value is -1.84. The Morgan fingerprint density at radius 3 is 2.15 bits per heavy atom. The van der Waals surface area contributed by atoms with E-state index in [1.165, 1.54) is 11.8 Å². The second kappa shape index (κ2) is 10.6. The number of halogens is 4. The van der Waals surface area contributed by atoms with E-state index in [0.29, 0.717) is 26.7 Å². The Morgan fingerprint density at radius 2 is 1.55 bits per heavy atom. The molecule has 0 saturated carbocycles. The van der Waals surface area contributed by atoms with Crippen LogP contribution in [0.5, 0.6) is 0 Å². The molecule has 33 heavy (non-hydrogen) atoms. The molecule has 0 saturated heterocycles. The van der Waals surface area contributed by atoms with Gasteiger partial charge in [0, 0.05) is 30.2 Å². The molecule has 0 aliphatic heterocycles. The molecule has 1 aromatic heterocycles. The molecule has 5 nitrogen and oxygen atoms in total. The van der Waals surface area contributed by atoms with E-state index >= 15 is 0 Å². The molecular formula is C23H16Br2Cl2N4OS. The zero-order chi connectivity index (χ0) is 23.5. The van der Waals surface area contributed by atoms with E-state index in [0.717, 1.165) is 25.8 Å². The van der Waals surface area contributed by atoms with Gasteiger partial charge in [-0.2, -0.15) is 0 Å². The van der Waals surface area contributed by atoms with E-state index in [1.54, 1.807) is 24.3 Å². The fourth-order valence-electron chi connectivity index (χ4n) is 3.10. The number of thioether (sulfide) groups is 1. The molecule has 3 aromatic carbocycles. The molecule has 10 heteroatoms. The molecule has 4 rings (SSSR count). The van der Waals surface area contributed by atoms with Crippen LogP contribution >= 0.6 is 66.8 Å². The lowest BCUT2D eigenvalue weighted by Crippen LogP contribution is -2.15. The normalized spacial score (nSPS) is 10.9. The first kappa shape index (κ1) is 24.3. The summed E-state index contributed by atoms with van der Waals surface area (Å²) < 4.78 is 3.51. The molecule has 0 radical (unpaired) electrons. The minimum absolute atomic E-state index is 0.152. The SMILES string of the molecule is Cc1cc(Br)c(NC(=O)CSc2nnc(-c3ccc(Cl)cc3)n2-c2ccc(Cl)cc2)c(Br)c1. The van der Waals surface area contributed by atoms with Crippen LogP contribution in [0.2, 0.25) is 10.0 Å². The van der Waals surface area contributed by atoms with Crippen molar-refractivity contribution in [3.8, 4) is 17.1 Å². The second-order valence-electron chi connectivity index (χ2n) is 7.07. The molecule has 0 fully saturated rings. The summed E-state index contributed by atoms with van der Waals surface area (Å²) in [7, 11) is 0. The third kappa shape index (κ3) is 5.81. The van der Waals surface area contributed by atoms with E-state index in [2.05, 4.69) is 47.4 Å². The highest BCUT2D eigenvalue weighted by molar-refractivity contribution is 9.11. The van der Waals surface area contributed by atoms with Gasteiger partial charge in [0.1, 0.15) is 0 Å². The Balaban J connectivity index is 1.60. The number of carbonyl (C=O) groups is 1. The Morgan fingerprint density at radius 1 is 0.970 bits per heavy atom.